The van der Waals surface area contributed by atoms with Crippen LogP contribution >= 0.6 is 11.6 Å². The monoisotopic (exact) mass is 823 g/mol. The van der Waals surface area contributed by atoms with Gasteiger partial charge in [-0.2, -0.15) is 0 Å². The molecule has 2 aromatic carbocycles. The number of halogens is 1. The van der Waals surface area contributed by atoms with Gasteiger partial charge in [-0.25, -0.2) is 4.21 Å². The molecule has 2 amide bonds. The second-order valence-electron chi connectivity index (χ2n) is 18.1. The fraction of sp³-hybridized carbons (Fsp3) is 0.659. The molecule has 2 aromatic rings. The number of aryl methyl sites for hydroxylation is 1. The zero-order valence-electron chi connectivity index (χ0n) is 33.9. The first-order valence-electron chi connectivity index (χ1n) is 21.3. The number of rotatable bonds is 5. The van der Waals surface area contributed by atoms with Crippen LogP contribution in [0.1, 0.15) is 80.3 Å². The van der Waals surface area contributed by atoms with E-state index >= 15 is 0 Å². The molecule has 4 aliphatic heterocycles. The number of aliphatic hydroxyl groups is 1. The summed E-state index contributed by atoms with van der Waals surface area (Å²) in [7, 11) is -3.00. The van der Waals surface area contributed by atoms with Gasteiger partial charge in [-0.1, -0.05) is 31.0 Å². The first-order chi connectivity index (χ1) is 27.3. The molecule has 57 heavy (non-hydrogen) atoms. The van der Waals surface area contributed by atoms with E-state index in [1.807, 2.05) is 30.0 Å². The van der Waals surface area contributed by atoms with E-state index in [9.17, 15) is 18.9 Å². The summed E-state index contributed by atoms with van der Waals surface area (Å²) in [6, 6.07) is 11.8. The smallest absolute Gasteiger partial charge is 0.262 e. The molecule has 3 fully saturated rings. The Morgan fingerprint density at radius 2 is 1.81 bits per heavy atom. The van der Waals surface area contributed by atoms with Gasteiger partial charge in [0.05, 0.1) is 47.4 Å². The first kappa shape index (κ1) is 40.9. The van der Waals surface area contributed by atoms with Crippen molar-refractivity contribution in [2.24, 2.45) is 17.8 Å². The van der Waals surface area contributed by atoms with Crippen LogP contribution in [0.15, 0.2) is 36.4 Å². The maximum Gasteiger partial charge on any atom is 0.262 e. The van der Waals surface area contributed by atoms with Crippen LogP contribution in [0.3, 0.4) is 0 Å². The number of carbonyl (C=O) groups excluding carboxylic acids is 2. The fourth-order valence-electron chi connectivity index (χ4n) is 10.7. The van der Waals surface area contributed by atoms with E-state index < -0.39 is 21.2 Å². The number of benzene rings is 2. The lowest BCUT2D eigenvalue weighted by molar-refractivity contribution is -0.142. The Morgan fingerprint density at radius 3 is 2.58 bits per heavy atom. The summed E-state index contributed by atoms with van der Waals surface area (Å²) in [5.41, 5.74) is 2.51. The summed E-state index contributed by atoms with van der Waals surface area (Å²) in [6.45, 7) is 12.9. The number of hydrogen-bond donors (Lipinski definition) is 2. The summed E-state index contributed by atoms with van der Waals surface area (Å²) >= 11 is 6.51. The molecule has 6 aliphatic rings. The number of piperazine rings is 1. The number of morpholine rings is 1. The zero-order chi connectivity index (χ0) is 40.0. The highest BCUT2D eigenvalue weighted by molar-refractivity contribution is 7.99. The van der Waals surface area contributed by atoms with Crippen LogP contribution in [0, 0.1) is 17.8 Å². The van der Waals surface area contributed by atoms with Crippen LogP contribution in [-0.2, 0) is 31.1 Å². The van der Waals surface area contributed by atoms with Crippen molar-refractivity contribution in [3.8, 4) is 5.75 Å². The van der Waals surface area contributed by atoms with Crippen molar-refractivity contribution in [3.63, 3.8) is 0 Å². The summed E-state index contributed by atoms with van der Waals surface area (Å²) < 4.78 is 29.1. The highest BCUT2D eigenvalue weighted by Gasteiger charge is 2.50. The Labute approximate surface area is 344 Å². The van der Waals surface area contributed by atoms with E-state index in [0.29, 0.717) is 51.3 Å². The molecule has 0 aromatic heterocycles. The summed E-state index contributed by atoms with van der Waals surface area (Å²) in [5.74, 6) is 4.75. The Balaban J connectivity index is 1.09. The lowest BCUT2D eigenvalue weighted by Gasteiger charge is -2.52. The van der Waals surface area contributed by atoms with E-state index in [1.165, 1.54) is 11.1 Å². The molecule has 2 aliphatic carbocycles. The third-order valence-corrected chi connectivity index (χ3v) is 16.9. The van der Waals surface area contributed by atoms with Crippen molar-refractivity contribution >= 4 is 44.7 Å². The SMILES string of the molecule is C=S1(=O)NC(=O)c2ccc3c(c2)N(C[C@@H]2CC[C@H]2[C@](O)(CN2CCN(CCN4CCOCC4)C(=O)C2)CCC[C@H](C)[C@H]1C)C[C@@]1(CCCc2cc(Cl)ccc21)CO3. The number of nitrogens with one attached hydrogen (secondary N) is 1. The van der Waals surface area contributed by atoms with E-state index in [4.69, 9.17) is 21.1 Å². The van der Waals surface area contributed by atoms with Gasteiger partial charge in [0.25, 0.3) is 5.91 Å². The fourth-order valence-corrected chi connectivity index (χ4v) is 12.4. The van der Waals surface area contributed by atoms with Gasteiger partial charge in [0.15, 0.2) is 0 Å². The predicted molar refractivity (Wildman–Crippen MR) is 227 cm³/mol. The van der Waals surface area contributed by atoms with Crippen LogP contribution in [-0.4, -0.2) is 138 Å². The van der Waals surface area contributed by atoms with Gasteiger partial charge in [-0.05, 0) is 117 Å². The average Bonchev–Trinajstić information content (AvgIpc) is 3.32. The van der Waals surface area contributed by atoms with Crippen molar-refractivity contribution in [2.45, 2.75) is 81.5 Å². The Kier molecular flexibility index (Phi) is 11.9. The van der Waals surface area contributed by atoms with Crippen LogP contribution < -0.4 is 14.4 Å². The molecule has 7 atom stereocenters. The molecule has 2 saturated heterocycles. The largest absolute Gasteiger partial charge is 0.490 e. The summed E-state index contributed by atoms with van der Waals surface area (Å²) in [4.78, 5) is 36.3. The maximum atomic E-state index is 14.1. The zero-order valence-corrected chi connectivity index (χ0v) is 35.5. The predicted octanol–water partition coefficient (Wildman–Crippen LogP) is 4.62. The Bertz CT molecular complexity index is 1930. The molecule has 4 heterocycles. The number of amides is 2. The van der Waals surface area contributed by atoms with Gasteiger partial charge in [-0.3, -0.25) is 24.1 Å². The van der Waals surface area contributed by atoms with E-state index in [0.717, 1.165) is 107 Å². The molecule has 8 rings (SSSR count). The number of ether oxygens (including phenoxy) is 2. The van der Waals surface area contributed by atoms with Crippen LogP contribution in [0.4, 0.5) is 5.69 Å². The van der Waals surface area contributed by atoms with E-state index in [2.05, 4.69) is 44.3 Å². The second kappa shape index (κ2) is 16.6. The van der Waals surface area contributed by atoms with Crippen LogP contribution in [0.5, 0.6) is 5.75 Å². The number of fused-ring (bicyclic) bond motifs is 4. The van der Waals surface area contributed by atoms with Gasteiger partial charge in [0.2, 0.25) is 5.91 Å². The van der Waals surface area contributed by atoms with Gasteiger partial charge in [-0.15, -0.1) is 0 Å². The van der Waals surface area contributed by atoms with Crippen molar-refractivity contribution in [1.29, 1.82) is 0 Å². The average molecular weight is 825 g/mol. The highest BCUT2D eigenvalue weighted by atomic mass is 35.5. The molecule has 1 spiro atoms. The normalized spacial score (nSPS) is 34.4. The Hall–Kier alpha value is -2.87. The van der Waals surface area contributed by atoms with Crippen molar-refractivity contribution in [1.82, 2.24) is 19.4 Å². The quantitative estimate of drug-likeness (QED) is 0.418. The second-order valence-corrected chi connectivity index (χ2v) is 20.9. The third kappa shape index (κ3) is 8.59. The minimum absolute atomic E-state index is 0.00149. The highest BCUT2D eigenvalue weighted by Crippen LogP contribution is 2.49. The third-order valence-electron chi connectivity index (χ3n) is 14.5. The number of nitrogens with zero attached hydrogens (tertiary/aromatic N) is 4. The molecule has 13 heteroatoms. The van der Waals surface area contributed by atoms with Crippen LogP contribution in [0.2, 0.25) is 5.02 Å². The maximum absolute atomic E-state index is 14.1. The van der Waals surface area contributed by atoms with Crippen molar-refractivity contribution in [3.05, 3.63) is 58.1 Å². The van der Waals surface area contributed by atoms with Gasteiger partial charge in [0.1, 0.15) is 5.75 Å². The van der Waals surface area contributed by atoms with E-state index in [1.54, 1.807) is 6.07 Å². The lowest BCUT2D eigenvalue weighted by atomic mass is 9.62. The minimum Gasteiger partial charge on any atom is -0.490 e. The Morgan fingerprint density at radius 1 is 0.982 bits per heavy atom. The number of carbonyl (C=O) groups is 2. The number of anilines is 1. The molecule has 2 N–H and O–H groups in total. The molecule has 1 unspecified atom stereocenters. The summed E-state index contributed by atoms with van der Waals surface area (Å²) in [5, 5.41) is 13.4. The standard InChI is InChI=1S/C44H62ClN5O6S/c1-31-6-4-15-44(53,29-48-17-19-49(41(51)27-48)18-16-47-20-22-55-23-21-47)38-11-8-35(38)26-50-28-43(14-5-7-33-24-36(45)10-12-37(33)43)30-56-40-13-9-34(25-39(40)50)42(52)46-57(3,54)32(31)2/h9-10,12-13,24-25,31-32,35,38,53H,3-8,11,14-23,26-30H2,1-2H3,(H,46,52,54)/t31-,32+,35-,38+,43-,44+,57?/m0/s1. The van der Waals surface area contributed by atoms with Crippen molar-refractivity contribution in [2.75, 3.05) is 90.2 Å². The number of β-amino-alcohol motifs (C(OH)–C–C–N with tert-alkyl or cyclic N) is 1. The summed E-state index contributed by atoms with van der Waals surface area (Å²) in [6.07, 6.45) is 6.93. The minimum atomic E-state index is -3.00. The molecular weight excluding hydrogens is 762 g/mol. The molecule has 312 valence electrons. The first-order valence-corrected chi connectivity index (χ1v) is 23.5. The van der Waals surface area contributed by atoms with Crippen LogP contribution in [0.25, 0.3) is 0 Å². The number of hydrogen-bond acceptors (Lipinski definition) is 9. The van der Waals surface area contributed by atoms with Gasteiger partial charge in [0, 0.05) is 80.2 Å². The molecule has 0 radical (unpaired) electrons. The molecular formula is C44H62ClN5O6S. The molecule has 1 saturated carbocycles. The van der Waals surface area contributed by atoms with Gasteiger partial charge < -0.3 is 24.4 Å². The topological polar surface area (TPSA) is 115 Å². The molecule has 11 nitrogen and oxygen atoms in total. The molecule has 2 bridgehead atoms. The lowest BCUT2D eigenvalue weighted by Crippen LogP contribution is -2.60. The van der Waals surface area contributed by atoms with E-state index in [-0.39, 0.29) is 34.3 Å². The van der Waals surface area contributed by atoms with Gasteiger partial charge >= 0.3 is 0 Å². The van der Waals surface area contributed by atoms with Crippen molar-refractivity contribution < 1.29 is 28.4 Å².